The molecule has 0 bridgehead atoms. The molecule has 2 rings (SSSR count). The lowest BCUT2D eigenvalue weighted by Gasteiger charge is -2.31. The van der Waals surface area contributed by atoms with Gasteiger partial charge in [-0.3, -0.25) is 9.59 Å². The van der Waals surface area contributed by atoms with Crippen LogP contribution in [0.1, 0.15) is 97.1 Å². The molecule has 1 fully saturated rings. The summed E-state index contributed by atoms with van der Waals surface area (Å²) >= 11 is 0. The van der Waals surface area contributed by atoms with Gasteiger partial charge < -0.3 is 14.2 Å². The van der Waals surface area contributed by atoms with Crippen LogP contribution in [0.4, 0.5) is 0 Å². The van der Waals surface area contributed by atoms with Crippen LogP contribution in [-0.2, 0) is 36.6 Å². The summed E-state index contributed by atoms with van der Waals surface area (Å²) in [7, 11) is -0.996. The van der Waals surface area contributed by atoms with Gasteiger partial charge in [0.15, 0.2) is 0 Å². The molecule has 0 spiro atoms. The molecular weight excluding hydrogens is 483 g/mol. The highest BCUT2D eigenvalue weighted by molar-refractivity contribution is 7.74. The van der Waals surface area contributed by atoms with E-state index in [2.05, 4.69) is 37.6 Å². The van der Waals surface area contributed by atoms with Gasteiger partial charge in [-0.05, 0) is 69.9 Å². The van der Waals surface area contributed by atoms with Crippen LogP contribution in [0.3, 0.4) is 0 Å². The standard InChI is InChI=1S/C31H52O5P/c1-8-24(4)35-22-31(5,23-36-29(32)27(9-2)10-3)30(33)34-20-25-16-18-26(19-17-25)21-37(6,7)28-14-12-11-13-15-28/h16-19,24,27-28H,8-15,20-23H2,1-7H3/q+1. The fourth-order valence-electron chi connectivity index (χ4n) is 5.02. The topological polar surface area (TPSA) is 61.8 Å². The number of esters is 2. The smallest absolute Gasteiger partial charge is 0.317 e. The lowest BCUT2D eigenvalue weighted by molar-refractivity contribution is -0.171. The van der Waals surface area contributed by atoms with Gasteiger partial charge >= 0.3 is 11.9 Å². The van der Waals surface area contributed by atoms with Gasteiger partial charge in [-0.1, -0.05) is 51.5 Å². The van der Waals surface area contributed by atoms with E-state index in [4.69, 9.17) is 14.2 Å². The molecule has 210 valence electrons. The van der Waals surface area contributed by atoms with Crippen molar-refractivity contribution in [2.45, 2.75) is 111 Å². The lowest BCUT2D eigenvalue weighted by atomic mass is 9.92. The van der Waals surface area contributed by atoms with Crippen LogP contribution in [-0.4, -0.2) is 50.2 Å². The van der Waals surface area contributed by atoms with E-state index in [1.165, 1.54) is 43.8 Å². The number of ether oxygens (including phenoxy) is 3. The van der Waals surface area contributed by atoms with Crippen molar-refractivity contribution in [2.75, 3.05) is 26.5 Å². The van der Waals surface area contributed by atoms with Gasteiger partial charge in [0.25, 0.3) is 0 Å². The van der Waals surface area contributed by atoms with Gasteiger partial charge in [0.2, 0.25) is 0 Å². The Balaban J connectivity index is 1.98. The van der Waals surface area contributed by atoms with E-state index >= 15 is 0 Å². The number of benzene rings is 1. The molecule has 0 saturated heterocycles. The van der Waals surface area contributed by atoms with Crippen molar-refractivity contribution in [1.29, 1.82) is 0 Å². The van der Waals surface area contributed by atoms with Crippen molar-refractivity contribution in [3.8, 4) is 0 Å². The van der Waals surface area contributed by atoms with E-state index in [0.717, 1.165) is 30.5 Å². The number of rotatable bonds is 15. The van der Waals surface area contributed by atoms with Crippen LogP contribution >= 0.6 is 7.26 Å². The Kier molecular flexibility index (Phi) is 13.1. The molecular formula is C31H52O5P+. The number of carbonyl (C=O) groups is 2. The summed E-state index contributed by atoms with van der Waals surface area (Å²) < 4.78 is 17.2. The Morgan fingerprint density at radius 3 is 2.08 bits per heavy atom. The Labute approximate surface area is 226 Å². The predicted molar refractivity (Wildman–Crippen MR) is 154 cm³/mol. The van der Waals surface area contributed by atoms with Gasteiger partial charge in [-0.25, -0.2) is 0 Å². The maximum absolute atomic E-state index is 13.2. The Hall–Kier alpha value is -1.45. The molecule has 6 heteroatoms. The van der Waals surface area contributed by atoms with Crippen molar-refractivity contribution in [1.82, 2.24) is 0 Å². The molecule has 0 radical (unpaired) electrons. The summed E-state index contributed by atoms with van der Waals surface area (Å²) in [6, 6.07) is 8.53. The number of hydrogen-bond donors (Lipinski definition) is 0. The highest BCUT2D eigenvalue weighted by Crippen LogP contribution is 2.62. The second-order valence-electron chi connectivity index (χ2n) is 11.8. The molecule has 2 atom stereocenters. The van der Waals surface area contributed by atoms with Gasteiger partial charge in [0.05, 0.1) is 30.4 Å². The van der Waals surface area contributed by atoms with E-state index in [0.29, 0.717) is 0 Å². The SMILES string of the molecule is CCC(C)OCC(C)(COC(=O)C(CC)CC)C(=O)OCc1ccc(C[P+](C)(C)C2CCCCC2)cc1. The first kappa shape index (κ1) is 31.8. The van der Waals surface area contributed by atoms with Gasteiger partial charge in [0, 0.05) is 20.6 Å². The largest absolute Gasteiger partial charge is 0.464 e. The van der Waals surface area contributed by atoms with Crippen LogP contribution in [0.25, 0.3) is 0 Å². The zero-order valence-electron chi connectivity index (χ0n) is 24.5. The second-order valence-corrected chi connectivity index (χ2v) is 16.4. The molecule has 2 unspecified atom stereocenters. The molecule has 0 aromatic heterocycles. The maximum Gasteiger partial charge on any atom is 0.317 e. The molecule has 5 nitrogen and oxygen atoms in total. The fourth-order valence-corrected chi connectivity index (χ4v) is 8.19. The van der Waals surface area contributed by atoms with E-state index in [1.807, 2.05) is 27.7 Å². The third-order valence-corrected chi connectivity index (χ3v) is 11.8. The second kappa shape index (κ2) is 15.2. The van der Waals surface area contributed by atoms with E-state index < -0.39 is 18.6 Å². The first-order valence-corrected chi connectivity index (χ1v) is 17.3. The minimum Gasteiger partial charge on any atom is -0.464 e. The van der Waals surface area contributed by atoms with Crippen molar-refractivity contribution in [3.63, 3.8) is 0 Å². The van der Waals surface area contributed by atoms with Crippen LogP contribution in [0.15, 0.2) is 24.3 Å². The molecule has 37 heavy (non-hydrogen) atoms. The Bertz CT molecular complexity index is 827. The van der Waals surface area contributed by atoms with E-state index in [1.54, 1.807) is 6.92 Å². The molecule has 1 aliphatic carbocycles. The first-order chi connectivity index (χ1) is 17.5. The molecule has 0 heterocycles. The van der Waals surface area contributed by atoms with Gasteiger partial charge in [-0.2, -0.15) is 0 Å². The van der Waals surface area contributed by atoms with Gasteiger partial charge in [-0.15, -0.1) is 0 Å². The van der Waals surface area contributed by atoms with Crippen LogP contribution < -0.4 is 0 Å². The summed E-state index contributed by atoms with van der Waals surface area (Å²) in [5.41, 5.74) is 2.18. The zero-order valence-corrected chi connectivity index (χ0v) is 25.4. The number of hydrogen-bond acceptors (Lipinski definition) is 5. The quantitative estimate of drug-likeness (QED) is 0.171. The van der Waals surface area contributed by atoms with Crippen LogP contribution in [0, 0.1) is 11.3 Å². The molecule has 1 saturated carbocycles. The average Bonchev–Trinajstić information content (AvgIpc) is 2.91. The normalized spacial score (nSPS) is 17.3. The lowest BCUT2D eigenvalue weighted by Crippen LogP contribution is -2.41. The van der Waals surface area contributed by atoms with Crippen molar-refractivity contribution >= 4 is 19.2 Å². The fraction of sp³-hybridized carbons (Fsp3) is 0.742. The highest BCUT2D eigenvalue weighted by Gasteiger charge is 2.39. The van der Waals surface area contributed by atoms with Crippen LogP contribution in [0.5, 0.6) is 0 Å². The predicted octanol–water partition coefficient (Wildman–Crippen LogP) is 7.64. The summed E-state index contributed by atoms with van der Waals surface area (Å²) in [4.78, 5) is 25.7. The summed E-state index contributed by atoms with van der Waals surface area (Å²) in [5, 5.41) is 0. The molecule has 1 aromatic rings. The first-order valence-electron chi connectivity index (χ1n) is 14.4. The maximum atomic E-state index is 13.2. The monoisotopic (exact) mass is 535 g/mol. The summed E-state index contributed by atoms with van der Waals surface area (Å²) in [5.74, 6) is -0.816. The van der Waals surface area contributed by atoms with Gasteiger partial charge in [0.1, 0.15) is 18.6 Å². The molecule has 0 N–H and O–H groups in total. The molecule has 1 aromatic carbocycles. The molecule has 1 aliphatic rings. The van der Waals surface area contributed by atoms with Crippen molar-refractivity contribution < 1.29 is 23.8 Å². The Morgan fingerprint density at radius 1 is 0.919 bits per heavy atom. The van der Waals surface area contributed by atoms with Crippen molar-refractivity contribution in [2.24, 2.45) is 11.3 Å². The van der Waals surface area contributed by atoms with E-state index in [-0.39, 0.29) is 37.8 Å². The zero-order chi connectivity index (χ0) is 27.5. The molecule has 0 amide bonds. The minimum absolute atomic E-state index is 0.00936. The third kappa shape index (κ3) is 9.98. The summed E-state index contributed by atoms with van der Waals surface area (Å²) in [6.45, 7) is 15.0. The van der Waals surface area contributed by atoms with Crippen molar-refractivity contribution in [3.05, 3.63) is 35.4 Å². The summed E-state index contributed by atoms with van der Waals surface area (Å²) in [6.07, 6.45) is 10.4. The molecule has 0 aliphatic heterocycles. The highest BCUT2D eigenvalue weighted by atomic mass is 31.2. The van der Waals surface area contributed by atoms with E-state index in [9.17, 15) is 9.59 Å². The minimum atomic E-state index is -1.06. The average molecular weight is 536 g/mol. The number of carbonyl (C=O) groups excluding carboxylic acids is 2. The van der Waals surface area contributed by atoms with Crippen LogP contribution in [0.2, 0.25) is 0 Å². The Morgan fingerprint density at radius 2 is 1.51 bits per heavy atom. The third-order valence-electron chi connectivity index (χ3n) is 8.15.